The zero-order valence-corrected chi connectivity index (χ0v) is 7.98. The smallest absolute Gasteiger partial charge is 0.278 e. The molecule has 0 atom stereocenters. The number of nitrogens with zero attached hydrogens (tertiary/aromatic N) is 2. The van der Waals surface area contributed by atoms with Crippen LogP contribution in [0.4, 0.5) is 16.0 Å². The molecule has 1 aromatic heterocycles. The molecule has 0 spiro atoms. The van der Waals surface area contributed by atoms with Crippen LogP contribution in [0.3, 0.4) is 0 Å². The van der Waals surface area contributed by atoms with Gasteiger partial charge in [0.15, 0.2) is 5.95 Å². The van der Waals surface area contributed by atoms with Crippen LogP contribution in [0.5, 0.6) is 0 Å². The molecule has 0 bridgehead atoms. The highest BCUT2D eigenvalue weighted by molar-refractivity contribution is 5.70. The predicted octanol–water partition coefficient (Wildman–Crippen LogP) is 1.71. The van der Waals surface area contributed by atoms with Gasteiger partial charge in [0.2, 0.25) is 0 Å². The number of nitro groups is 1. The minimum atomic E-state index is -0.591. The Morgan fingerprint density at radius 2 is 2.25 bits per heavy atom. The highest BCUT2D eigenvalue weighted by Crippen LogP contribution is 2.29. The summed E-state index contributed by atoms with van der Waals surface area (Å²) in [6, 6.07) is 3.19. The lowest BCUT2D eigenvalue weighted by molar-refractivity contribution is -0.384. The number of aromatic nitrogens is 2. The van der Waals surface area contributed by atoms with Crippen LogP contribution in [0.25, 0.3) is 11.3 Å². The van der Waals surface area contributed by atoms with Gasteiger partial charge in [-0.15, -0.1) is 0 Å². The normalized spacial score (nSPS) is 10.3. The molecule has 2 rings (SSSR count). The van der Waals surface area contributed by atoms with Crippen molar-refractivity contribution < 1.29 is 9.31 Å². The van der Waals surface area contributed by atoms with E-state index in [1.807, 2.05) is 0 Å². The van der Waals surface area contributed by atoms with E-state index < -0.39 is 10.7 Å². The molecule has 0 amide bonds. The molecule has 0 saturated carbocycles. The average Bonchev–Trinajstić information content (AvgIpc) is 2.64. The van der Waals surface area contributed by atoms with Crippen molar-refractivity contribution in [3.8, 4) is 11.3 Å². The van der Waals surface area contributed by atoms with Crippen molar-refractivity contribution in [1.82, 2.24) is 9.97 Å². The second kappa shape index (κ2) is 3.61. The molecule has 1 aromatic carbocycles. The maximum Gasteiger partial charge on any atom is 0.278 e. The first-order chi connectivity index (χ1) is 7.58. The number of hydrogen-bond acceptors (Lipinski definition) is 4. The lowest BCUT2D eigenvalue weighted by Crippen LogP contribution is -1.93. The van der Waals surface area contributed by atoms with Crippen molar-refractivity contribution in [3.63, 3.8) is 0 Å². The van der Waals surface area contributed by atoms with E-state index in [9.17, 15) is 14.5 Å². The van der Waals surface area contributed by atoms with Gasteiger partial charge in [0.05, 0.1) is 22.4 Å². The molecule has 3 N–H and O–H groups in total. The van der Waals surface area contributed by atoms with Crippen molar-refractivity contribution in [1.29, 1.82) is 0 Å². The van der Waals surface area contributed by atoms with Gasteiger partial charge in [-0.25, -0.2) is 9.37 Å². The third-order valence-corrected chi connectivity index (χ3v) is 2.04. The Morgan fingerprint density at radius 3 is 2.81 bits per heavy atom. The fraction of sp³-hybridized carbons (Fsp3) is 0. The Balaban J connectivity index is 2.62. The fourth-order valence-corrected chi connectivity index (χ4v) is 1.36. The molecular formula is C9H7FN4O2. The first kappa shape index (κ1) is 10.1. The summed E-state index contributed by atoms with van der Waals surface area (Å²) >= 11 is 0. The fourth-order valence-electron chi connectivity index (χ4n) is 1.36. The number of aromatic amines is 1. The standard InChI is InChI=1S/C9H7FN4O2/c10-5-1-2-8(14(15)16)6(3-5)7-4-12-9(11)13-7/h1-4H,(H3,11,12,13). The van der Waals surface area contributed by atoms with E-state index in [1.165, 1.54) is 6.20 Å². The molecule has 0 aliphatic rings. The van der Waals surface area contributed by atoms with Crippen LogP contribution in [-0.2, 0) is 0 Å². The third kappa shape index (κ3) is 1.70. The van der Waals surface area contributed by atoms with E-state index >= 15 is 0 Å². The third-order valence-electron chi connectivity index (χ3n) is 2.04. The number of nitrogens with two attached hydrogens (primary N) is 1. The van der Waals surface area contributed by atoms with Gasteiger partial charge in [0.25, 0.3) is 5.69 Å². The molecule has 7 heteroatoms. The van der Waals surface area contributed by atoms with Gasteiger partial charge >= 0.3 is 0 Å². The number of rotatable bonds is 2. The van der Waals surface area contributed by atoms with Crippen molar-refractivity contribution in [2.75, 3.05) is 5.73 Å². The van der Waals surface area contributed by atoms with Crippen LogP contribution < -0.4 is 5.73 Å². The minimum Gasteiger partial charge on any atom is -0.369 e. The molecule has 16 heavy (non-hydrogen) atoms. The Kier molecular flexibility index (Phi) is 2.28. The molecule has 0 fully saturated rings. The molecule has 0 radical (unpaired) electrons. The summed E-state index contributed by atoms with van der Waals surface area (Å²) in [6.45, 7) is 0. The quantitative estimate of drug-likeness (QED) is 0.596. The molecular weight excluding hydrogens is 215 g/mol. The first-order valence-corrected chi connectivity index (χ1v) is 4.32. The van der Waals surface area contributed by atoms with Gasteiger partial charge in [-0.05, 0) is 12.1 Å². The lowest BCUT2D eigenvalue weighted by atomic mass is 10.1. The molecule has 0 unspecified atom stereocenters. The molecule has 2 aromatic rings. The largest absolute Gasteiger partial charge is 0.369 e. The molecule has 6 nitrogen and oxygen atoms in total. The second-order valence-electron chi connectivity index (χ2n) is 3.10. The number of halogens is 1. The SMILES string of the molecule is Nc1ncc(-c2cc(F)ccc2[N+](=O)[O-])[nH]1. The Labute approximate surface area is 89.1 Å². The van der Waals surface area contributed by atoms with E-state index in [0.29, 0.717) is 5.69 Å². The van der Waals surface area contributed by atoms with Crippen LogP contribution >= 0.6 is 0 Å². The number of anilines is 1. The van der Waals surface area contributed by atoms with Crippen molar-refractivity contribution >= 4 is 11.6 Å². The number of nitrogens with one attached hydrogen (secondary N) is 1. The van der Waals surface area contributed by atoms with E-state index in [2.05, 4.69) is 9.97 Å². The highest BCUT2D eigenvalue weighted by Gasteiger charge is 2.17. The van der Waals surface area contributed by atoms with Gasteiger partial charge in [-0.1, -0.05) is 0 Å². The topological polar surface area (TPSA) is 97.8 Å². The summed E-state index contributed by atoms with van der Waals surface area (Å²) in [4.78, 5) is 16.4. The molecule has 0 aliphatic heterocycles. The number of benzene rings is 1. The van der Waals surface area contributed by atoms with E-state index in [0.717, 1.165) is 18.2 Å². The number of hydrogen-bond donors (Lipinski definition) is 2. The van der Waals surface area contributed by atoms with Crippen LogP contribution in [0.15, 0.2) is 24.4 Å². The molecule has 0 aliphatic carbocycles. The maximum atomic E-state index is 13.0. The first-order valence-electron chi connectivity index (χ1n) is 4.32. The summed E-state index contributed by atoms with van der Waals surface area (Å²) < 4.78 is 13.0. The van der Waals surface area contributed by atoms with Gasteiger partial charge in [0, 0.05) is 6.07 Å². The van der Waals surface area contributed by atoms with Crippen molar-refractivity contribution in [2.45, 2.75) is 0 Å². The molecule has 0 saturated heterocycles. The Morgan fingerprint density at radius 1 is 1.50 bits per heavy atom. The lowest BCUT2D eigenvalue weighted by Gasteiger charge is -1.99. The van der Waals surface area contributed by atoms with Crippen molar-refractivity contribution in [3.05, 3.63) is 40.3 Å². The summed E-state index contributed by atoms with van der Waals surface area (Å²) in [6.07, 6.45) is 1.32. The van der Waals surface area contributed by atoms with Crippen LogP contribution in [0.1, 0.15) is 0 Å². The summed E-state index contributed by atoms with van der Waals surface area (Å²) in [5, 5.41) is 10.7. The maximum absolute atomic E-state index is 13.0. The number of imidazole rings is 1. The molecule has 1 heterocycles. The number of H-pyrrole nitrogens is 1. The van der Waals surface area contributed by atoms with Crippen LogP contribution in [0, 0.1) is 15.9 Å². The van der Waals surface area contributed by atoms with Gasteiger partial charge in [0.1, 0.15) is 5.82 Å². The van der Waals surface area contributed by atoms with Gasteiger partial charge < -0.3 is 10.7 Å². The van der Waals surface area contributed by atoms with Gasteiger partial charge in [-0.3, -0.25) is 10.1 Å². The monoisotopic (exact) mass is 222 g/mol. The summed E-state index contributed by atoms with van der Waals surface area (Å²) in [5.74, 6) is -0.442. The Hall–Kier alpha value is -2.44. The van der Waals surface area contributed by atoms with E-state index in [1.54, 1.807) is 0 Å². The predicted molar refractivity (Wildman–Crippen MR) is 55.0 cm³/mol. The van der Waals surface area contributed by atoms with Gasteiger partial charge in [-0.2, -0.15) is 0 Å². The van der Waals surface area contributed by atoms with E-state index in [4.69, 9.17) is 5.73 Å². The average molecular weight is 222 g/mol. The number of nitrogen functional groups attached to an aromatic ring is 1. The van der Waals surface area contributed by atoms with Crippen LogP contribution in [-0.4, -0.2) is 14.9 Å². The number of nitro benzene ring substituents is 1. The highest BCUT2D eigenvalue weighted by atomic mass is 19.1. The summed E-state index contributed by atoms with van der Waals surface area (Å²) in [5.41, 5.74) is 5.57. The van der Waals surface area contributed by atoms with Crippen molar-refractivity contribution in [2.24, 2.45) is 0 Å². The second-order valence-corrected chi connectivity index (χ2v) is 3.10. The summed E-state index contributed by atoms with van der Waals surface area (Å²) in [7, 11) is 0. The van der Waals surface area contributed by atoms with Crippen LogP contribution in [0.2, 0.25) is 0 Å². The van der Waals surface area contributed by atoms with E-state index in [-0.39, 0.29) is 17.2 Å². The molecule has 82 valence electrons. The Bertz CT molecular complexity index is 552. The minimum absolute atomic E-state index is 0.119. The zero-order chi connectivity index (χ0) is 11.7. The zero-order valence-electron chi connectivity index (χ0n) is 7.98.